The number of rotatable bonds is 2. The van der Waals surface area contributed by atoms with Crippen LogP contribution in [-0.2, 0) is 11.9 Å². The van der Waals surface area contributed by atoms with Crippen LogP contribution in [0.5, 0.6) is 0 Å². The van der Waals surface area contributed by atoms with Crippen molar-refractivity contribution in [1.82, 2.24) is 15.3 Å². The largest absolute Gasteiger partial charge is 0.293 e. The highest BCUT2D eigenvalue weighted by Crippen LogP contribution is 2.07. The lowest BCUT2D eigenvalue weighted by Gasteiger charge is -2.00. The first-order chi connectivity index (χ1) is 5.65. The molecule has 0 unspecified atom stereocenters. The molecule has 1 amide bonds. The Morgan fingerprint density at radius 1 is 1.83 bits per heavy atom. The molecule has 0 saturated carbocycles. The lowest BCUT2D eigenvalue weighted by atomic mass is 10.4. The van der Waals surface area contributed by atoms with Gasteiger partial charge in [0.25, 0.3) is 5.91 Å². The summed E-state index contributed by atoms with van der Waals surface area (Å²) in [6, 6.07) is 1.45. The number of aromatic nitrogens is 2. The topological polar surface area (TPSA) is 56.1 Å². The Hall–Kier alpha value is -1.07. The lowest BCUT2D eigenvalue weighted by Crippen LogP contribution is -2.24. The number of hydroxylamine groups is 1. The van der Waals surface area contributed by atoms with Gasteiger partial charge in [-0.05, 0) is 0 Å². The molecule has 0 aliphatic carbocycles. The Labute approximate surface area is 74.2 Å². The molecule has 5 nitrogen and oxygen atoms in total. The SMILES string of the molecule is CONC(=O)c1cc(Cl)nn1C. The molecule has 0 bridgehead atoms. The average Bonchev–Trinajstić information content (AvgIpc) is 2.30. The molecule has 0 radical (unpaired) electrons. The zero-order valence-electron chi connectivity index (χ0n) is 6.67. The van der Waals surface area contributed by atoms with Gasteiger partial charge in [-0.15, -0.1) is 0 Å². The van der Waals surface area contributed by atoms with Crippen LogP contribution in [0.3, 0.4) is 0 Å². The normalized spacial score (nSPS) is 9.92. The molecule has 0 aliphatic rings. The lowest BCUT2D eigenvalue weighted by molar-refractivity contribution is 0.0528. The smallest absolute Gasteiger partial charge is 0.277 e. The van der Waals surface area contributed by atoms with Crippen LogP contribution in [0, 0.1) is 0 Å². The van der Waals surface area contributed by atoms with Gasteiger partial charge in [-0.3, -0.25) is 14.3 Å². The standard InChI is InChI=1S/C6H8ClN3O2/c1-10-4(3-5(7)8-10)6(11)9-12-2/h3H,1-2H3,(H,9,11). The van der Waals surface area contributed by atoms with Gasteiger partial charge in [0.15, 0.2) is 5.15 Å². The van der Waals surface area contributed by atoms with Crippen molar-refractivity contribution in [3.63, 3.8) is 0 Å². The van der Waals surface area contributed by atoms with Crippen molar-refractivity contribution in [3.05, 3.63) is 16.9 Å². The maximum absolute atomic E-state index is 11.1. The van der Waals surface area contributed by atoms with Gasteiger partial charge in [0.1, 0.15) is 5.69 Å². The minimum atomic E-state index is -0.376. The summed E-state index contributed by atoms with van der Waals surface area (Å²) in [4.78, 5) is 15.6. The van der Waals surface area contributed by atoms with Crippen LogP contribution < -0.4 is 5.48 Å². The second-order valence-corrected chi connectivity index (χ2v) is 2.50. The summed E-state index contributed by atoms with van der Waals surface area (Å²) >= 11 is 5.56. The van der Waals surface area contributed by atoms with Crippen LogP contribution in [-0.4, -0.2) is 22.8 Å². The van der Waals surface area contributed by atoms with Gasteiger partial charge in [0.2, 0.25) is 0 Å². The number of hydrogen-bond donors (Lipinski definition) is 1. The molecule has 0 atom stereocenters. The van der Waals surface area contributed by atoms with Crippen molar-refractivity contribution in [2.75, 3.05) is 7.11 Å². The molecule has 0 aromatic carbocycles. The fourth-order valence-corrected chi connectivity index (χ4v) is 1.01. The number of halogens is 1. The summed E-state index contributed by atoms with van der Waals surface area (Å²) in [7, 11) is 2.98. The number of amides is 1. The molecule has 0 spiro atoms. The third-order valence-electron chi connectivity index (χ3n) is 1.28. The number of carbonyl (C=O) groups excluding carboxylic acids is 1. The van der Waals surface area contributed by atoms with E-state index in [0.29, 0.717) is 5.69 Å². The second-order valence-electron chi connectivity index (χ2n) is 2.11. The van der Waals surface area contributed by atoms with E-state index in [2.05, 4.69) is 15.4 Å². The summed E-state index contributed by atoms with van der Waals surface area (Å²) in [6.45, 7) is 0. The Morgan fingerprint density at radius 3 is 2.92 bits per heavy atom. The highest BCUT2D eigenvalue weighted by atomic mass is 35.5. The van der Waals surface area contributed by atoms with E-state index >= 15 is 0 Å². The molecule has 1 N–H and O–H groups in total. The van der Waals surface area contributed by atoms with Gasteiger partial charge in [-0.2, -0.15) is 5.10 Å². The van der Waals surface area contributed by atoms with E-state index in [1.807, 2.05) is 0 Å². The van der Waals surface area contributed by atoms with Crippen LogP contribution in [0.25, 0.3) is 0 Å². The Balaban J connectivity index is 2.87. The highest BCUT2D eigenvalue weighted by Gasteiger charge is 2.11. The van der Waals surface area contributed by atoms with E-state index in [9.17, 15) is 4.79 Å². The molecule has 66 valence electrons. The van der Waals surface area contributed by atoms with Crippen LogP contribution in [0.2, 0.25) is 5.15 Å². The highest BCUT2D eigenvalue weighted by molar-refractivity contribution is 6.29. The zero-order valence-corrected chi connectivity index (χ0v) is 7.42. The predicted molar refractivity (Wildman–Crippen MR) is 42.7 cm³/mol. The molecule has 6 heteroatoms. The molecule has 12 heavy (non-hydrogen) atoms. The third kappa shape index (κ3) is 1.75. The van der Waals surface area contributed by atoms with Gasteiger partial charge in [0, 0.05) is 13.1 Å². The number of carbonyl (C=O) groups is 1. The molecule has 1 aromatic rings. The van der Waals surface area contributed by atoms with Crippen molar-refractivity contribution in [1.29, 1.82) is 0 Å². The zero-order chi connectivity index (χ0) is 9.14. The first-order valence-corrected chi connectivity index (χ1v) is 3.56. The van der Waals surface area contributed by atoms with E-state index in [1.54, 1.807) is 7.05 Å². The average molecular weight is 190 g/mol. The van der Waals surface area contributed by atoms with Crippen LogP contribution in [0.15, 0.2) is 6.07 Å². The monoisotopic (exact) mass is 189 g/mol. The summed E-state index contributed by atoms with van der Waals surface area (Å²) in [5, 5.41) is 4.06. The number of nitrogens with zero attached hydrogens (tertiary/aromatic N) is 2. The molecular weight excluding hydrogens is 182 g/mol. The van der Waals surface area contributed by atoms with Crippen molar-refractivity contribution in [2.45, 2.75) is 0 Å². The molecule has 0 aliphatic heterocycles. The number of nitrogens with one attached hydrogen (secondary N) is 1. The van der Waals surface area contributed by atoms with Crippen LogP contribution in [0.1, 0.15) is 10.5 Å². The van der Waals surface area contributed by atoms with Crippen LogP contribution >= 0.6 is 11.6 Å². The first-order valence-electron chi connectivity index (χ1n) is 3.18. The van der Waals surface area contributed by atoms with E-state index < -0.39 is 0 Å². The van der Waals surface area contributed by atoms with Crippen molar-refractivity contribution < 1.29 is 9.63 Å². The summed E-state index contributed by atoms with van der Waals surface area (Å²) in [5.41, 5.74) is 2.51. The molecular formula is C6H8ClN3O2. The Morgan fingerprint density at radius 2 is 2.50 bits per heavy atom. The number of aryl methyl sites for hydroxylation is 1. The first kappa shape index (κ1) is 9.02. The Bertz CT molecular complexity index is 297. The minimum Gasteiger partial charge on any atom is -0.277 e. The molecule has 1 rings (SSSR count). The van der Waals surface area contributed by atoms with Gasteiger partial charge in [-0.1, -0.05) is 11.6 Å². The van der Waals surface area contributed by atoms with E-state index in [-0.39, 0.29) is 11.1 Å². The van der Waals surface area contributed by atoms with Gasteiger partial charge in [-0.25, -0.2) is 5.48 Å². The summed E-state index contributed by atoms with van der Waals surface area (Å²) in [5.74, 6) is -0.376. The summed E-state index contributed by atoms with van der Waals surface area (Å²) < 4.78 is 1.37. The minimum absolute atomic E-state index is 0.277. The maximum atomic E-state index is 11.1. The molecule has 1 aromatic heterocycles. The van der Waals surface area contributed by atoms with E-state index in [0.717, 1.165) is 0 Å². The molecule has 1 heterocycles. The van der Waals surface area contributed by atoms with Crippen molar-refractivity contribution in [2.24, 2.45) is 7.05 Å². The van der Waals surface area contributed by atoms with Gasteiger partial charge >= 0.3 is 0 Å². The summed E-state index contributed by atoms with van der Waals surface area (Å²) in [6.07, 6.45) is 0. The van der Waals surface area contributed by atoms with E-state index in [1.165, 1.54) is 17.9 Å². The Kier molecular flexibility index (Phi) is 2.67. The predicted octanol–water partition coefficient (Wildman–Crippen LogP) is 0.365. The third-order valence-corrected chi connectivity index (χ3v) is 1.46. The second kappa shape index (κ2) is 3.55. The quantitative estimate of drug-likeness (QED) is 0.684. The number of hydrogen-bond acceptors (Lipinski definition) is 3. The van der Waals surface area contributed by atoms with E-state index in [4.69, 9.17) is 11.6 Å². The van der Waals surface area contributed by atoms with Crippen molar-refractivity contribution in [3.8, 4) is 0 Å². The fourth-order valence-electron chi connectivity index (χ4n) is 0.790. The van der Waals surface area contributed by atoms with Crippen LogP contribution in [0.4, 0.5) is 0 Å². The van der Waals surface area contributed by atoms with Gasteiger partial charge in [0.05, 0.1) is 7.11 Å². The van der Waals surface area contributed by atoms with Gasteiger partial charge < -0.3 is 0 Å². The van der Waals surface area contributed by atoms with Crippen molar-refractivity contribution >= 4 is 17.5 Å². The molecule has 0 saturated heterocycles. The maximum Gasteiger partial charge on any atom is 0.293 e. The molecule has 0 fully saturated rings. The fraction of sp³-hybridized carbons (Fsp3) is 0.333.